The number of rotatable bonds is 5. The highest BCUT2D eigenvalue weighted by Gasteiger charge is 2.36. The fraction of sp³-hybridized carbons (Fsp3) is 0.409. The predicted octanol–water partition coefficient (Wildman–Crippen LogP) is 2.88. The van der Waals surface area contributed by atoms with E-state index in [9.17, 15) is 4.79 Å². The second-order valence-electron chi connectivity index (χ2n) is 7.19. The van der Waals surface area contributed by atoms with E-state index < -0.39 is 0 Å². The smallest absolute Gasteiger partial charge is 0.365 e. The van der Waals surface area contributed by atoms with E-state index in [0.717, 1.165) is 19.5 Å². The molecule has 25 heavy (non-hydrogen) atoms. The molecule has 0 amide bonds. The fourth-order valence-electron chi connectivity index (χ4n) is 3.62. The van der Waals surface area contributed by atoms with Gasteiger partial charge in [0, 0.05) is 17.5 Å². The van der Waals surface area contributed by atoms with Crippen LogP contribution in [0.25, 0.3) is 0 Å². The third-order valence-corrected chi connectivity index (χ3v) is 5.10. The molecule has 1 heterocycles. The molecular formula is C22H28NO2+. The zero-order valence-corrected chi connectivity index (χ0v) is 15.4. The van der Waals surface area contributed by atoms with Crippen LogP contribution in [0.15, 0.2) is 48.5 Å². The maximum Gasteiger partial charge on any atom is 0.365 e. The van der Waals surface area contributed by atoms with E-state index in [0.29, 0.717) is 12.5 Å². The molecule has 132 valence electrons. The zero-order valence-electron chi connectivity index (χ0n) is 15.4. The van der Waals surface area contributed by atoms with Gasteiger partial charge in [0.25, 0.3) is 0 Å². The highest BCUT2D eigenvalue weighted by molar-refractivity contribution is 5.75. The first-order valence-corrected chi connectivity index (χ1v) is 9.25. The summed E-state index contributed by atoms with van der Waals surface area (Å²) in [7, 11) is 0. The molecule has 0 bridgehead atoms. The van der Waals surface area contributed by atoms with Crippen molar-refractivity contribution in [1.82, 2.24) is 0 Å². The second-order valence-corrected chi connectivity index (χ2v) is 7.19. The first kappa shape index (κ1) is 17.7. The van der Waals surface area contributed by atoms with Crippen LogP contribution < -0.4 is 4.90 Å². The molecule has 3 rings (SSSR count). The minimum atomic E-state index is -0.125. The van der Waals surface area contributed by atoms with Gasteiger partial charge in [0.1, 0.15) is 13.1 Å². The standard InChI is InChI=1S/C22H27NO2/c1-4-25-22(24)21-13-19-7-5-6-8-20(19)15-23(21)14-17-9-11-18(12-10-17)16(2)3/h5-12,16,21H,4,13-15H2,1-3H3/p+1/t21-/m1/s1. The monoisotopic (exact) mass is 338 g/mol. The Bertz CT molecular complexity index is 721. The number of hydrogen-bond acceptors (Lipinski definition) is 2. The Morgan fingerprint density at radius 3 is 2.44 bits per heavy atom. The molecule has 0 aromatic heterocycles. The number of fused-ring (bicyclic) bond motifs is 1. The van der Waals surface area contributed by atoms with Crippen LogP contribution in [0.2, 0.25) is 0 Å². The molecule has 0 aliphatic carbocycles. The van der Waals surface area contributed by atoms with Gasteiger partial charge in [-0.05, 0) is 24.0 Å². The van der Waals surface area contributed by atoms with E-state index in [1.807, 2.05) is 6.92 Å². The molecular weight excluding hydrogens is 310 g/mol. The predicted molar refractivity (Wildman–Crippen MR) is 99.5 cm³/mol. The minimum absolute atomic E-state index is 0.0780. The van der Waals surface area contributed by atoms with E-state index in [1.54, 1.807) is 0 Å². The van der Waals surface area contributed by atoms with Gasteiger partial charge in [-0.25, -0.2) is 4.79 Å². The summed E-state index contributed by atoms with van der Waals surface area (Å²) in [5, 5.41) is 0. The van der Waals surface area contributed by atoms with Gasteiger partial charge in [-0.3, -0.25) is 0 Å². The number of esters is 1. The lowest BCUT2D eigenvalue weighted by atomic mass is 9.93. The van der Waals surface area contributed by atoms with Crippen molar-refractivity contribution in [2.24, 2.45) is 0 Å². The number of carbonyl (C=O) groups is 1. The van der Waals surface area contributed by atoms with Gasteiger partial charge in [0.15, 0.2) is 6.04 Å². The van der Waals surface area contributed by atoms with E-state index in [2.05, 4.69) is 62.4 Å². The Morgan fingerprint density at radius 2 is 1.80 bits per heavy atom. The van der Waals surface area contributed by atoms with E-state index in [1.165, 1.54) is 27.2 Å². The summed E-state index contributed by atoms with van der Waals surface area (Å²) in [6.45, 7) is 8.44. The molecule has 0 fully saturated rings. The summed E-state index contributed by atoms with van der Waals surface area (Å²) < 4.78 is 5.36. The van der Waals surface area contributed by atoms with Crippen LogP contribution in [-0.2, 0) is 29.0 Å². The summed E-state index contributed by atoms with van der Waals surface area (Å²) in [5.41, 5.74) is 5.24. The van der Waals surface area contributed by atoms with Crippen LogP contribution in [0.1, 0.15) is 48.9 Å². The minimum Gasteiger partial charge on any atom is -0.462 e. The van der Waals surface area contributed by atoms with Gasteiger partial charge >= 0.3 is 5.97 Å². The zero-order chi connectivity index (χ0) is 17.8. The summed E-state index contributed by atoms with van der Waals surface area (Å²) in [6, 6.07) is 17.1. The Balaban J connectivity index is 1.82. The van der Waals surface area contributed by atoms with Crippen LogP contribution >= 0.6 is 0 Å². The maximum atomic E-state index is 12.5. The van der Waals surface area contributed by atoms with Crippen molar-refractivity contribution in [3.8, 4) is 0 Å². The average Bonchev–Trinajstić information content (AvgIpc) is 2.61. The Hall–Kier alpha value is -2.13. The quantitative estimate of drug-likeness (QED) is 0.850. The lowest BCUT2D eigenvalue weighted by Gasteiger charge is -2.32. The van der Waals surface area contributed by atoms with E-state index >= 15 is 0 Å². The van der Waals surface area contributed by atoms with Crippen molar-refractivity contribution in [2.75, 3.05) is 6.61 Å². The SMILES string of the molecule is CCOC(=O)[C@H]1Cc2ccccc2C[NH+]1Cc1ccc(C(C)C)cc1. The van der Waals surface area contributed by atoms with Crippen LogP contribution in [0.5, 0.6) is 0 Å². The highest BCUT2D eigenvalue weighted by atomic mass is 16.5. The van der Waals surface area contributed by atoms with Crippen LogP contribution in [0.3, 0.4) is 0 Å². The molecule has 0 saturated carbocycles. The number of ether oxygens (including phenoxy) is 1. The Kier molecular flexibility index (Phi) is 5.54. The molecule has 0 radical (unpaired) electrons. The molecule has 1 N–H and O–H groups in total. The first-order valence-electron chi connectivity index (χ1n) is 9.25. The van der Waals surface area contributed by atoms with Crippen LogP contribution in [0.4, 0.5) is 0 Å². The van der Waals surface area contributed by atoms with Gasteiger partial charge < -0.3 is 9.64 Å². The van der Waals surface area contributed by atoms with Crippen molar-refractivity contribution in [3.63, 3.8) is 0 Å². The molecule has 2 atom stereocenters. The molecule has 1 aliphatic heterocycles. The van der Waals surface area contributed by atoms with Crippen molar-refractivity contribution in [1.29, 1.82) is 0 Å². The van der Waals surface area contributed by atoms with Gasteiger partial charge in [-0.2, -0.15) is 0 Å². The molecule has 1 aliphatic rings. The number of benzene rings is 2. The number of hydrogen-bond donors (Lipinski definition) is 1. The van der Waals surface area contributed by atoms with Gasteiger partial charge in [-0.15, -0.1) is 0 Å². The van der Waals surface area contributed by atoms with Crippen molar-refractivity contribution >= 4 is 5.97 Å². The number of carbonyl (C=O) groups excluding carboxylic acids is 1. The Labute approximate surface area is 150 Å². The Morgan fingerprint density at radius 1 is 1.12 bits per heavy atom. The normalized spacial score (nSPS) is 19.5. The average molecular weight is 338 g/mol. The fourth-order valence-corrected chi connectivity index (χ4v) is 3.62. The maximum absolute atomic E-state index is 12.5. The lowest BCUT2D eigenvalue weighted by molar-refractivity contribution is -0.945. The molecule has 0 saturated heterocycles. The second kappa shape index (κ2) is 7.83. The van der Waals surface area contributed by atoms with Gasteiger partial charge in [0.05, 0.1) is 6.61 Å². The number of quaternary nitrogens is 1. The largest absolute Gasteiger partial charge is 0.462 e. The summed E-state index contributed by atoms with van der Waals surface area (Å²) >= 11 is 0. The summed E-state index contributed by atoms with van der Waals surface area (Å²) in [5.74, 6) is 0.460. The van der Waals surface area contributed by atoms with Crippen molar-refractivity contribution < 1.29 is 14.4 Å². The van der Waals surface area contributed by atoms with Gasteiger partial charge in [-0.1, -0.05) is 62.4 Å². The molecule has 1 unspecified atom stereocenters. The van der Waals surface area contributed by atoms with Crippen molar-refractivity contribution in [2.45, 2.75) is 52.2 Å². The topological polar surface area (TPSA) is 30.7 Å². The highest BCUT2D eigenvalue weighted by Crippen LogP contribution is 2.17. The number of nitrogens with one attached hydrogen (secondary N) is 1. The molecule has 2 aromatic rings. The molecule has 0 spiro atoms. The molecule has 3 nitrogen and oxygen atoms in total. The summed E-state index contributed by atoms with van der Waals surface area (Å²) in [4.78, 5) is 13.8. The van der Waals surface area contributed by atoms with Crippen LogP contribution in [0, 0.1) is 0 Å². The third-order valence-electron chi connectivity index (χ3n) is 5.10. The third kappa shape index (κ3) is 4.10. The van der Waals surface area contributed by atoms with Gasteiger partial charge in [0.2, 0.25) is 0 Å². The summed E-state index contributed by atoms with van der Waals surface area (Å²) in [6.07, 6.45) is 0.758. The molecule has 2 aromatic carbocycles. The first-order chi connectivity index (χ1) is 12.1. The van der Waals surface area contributed by atoms with E-state index in [4.69, 9.17) is 4.74 Å². The lowest BCUT2D eigenvalue weighted by Crippen LogP contribution is -3.15. The van der Waals surface area contributed by atoms with E-state index in [-0.39, 0.29) is 12.0 Å². The molecule has 3 heteroatoms. The van der Waals surface area contributed by atoms with Crippen molar-refractivity contribution in [3.05, 3.63) is 70.8 Å². The van der Waals surface area contributed by atoms with Crippen LogP contribution in [-0.4, -0.2) is 18.6 Å².